The molecule has 4 heteroatoms. The molecule has 0 aliphatic heterocycles. The third kappa shape index (κ3) is 4.10. The van der Waals surface area contributed by atoms with Crippen LogP contribution in [0.3, 0.4) is 0 Å². The van der Waals surface area contributed by atoms with Crippen molar-refractivity contribution < 1.29 is 14.6 Å². The summed E-state index contributed by atoms with van der Waals surface area (Å²) in [5, 5.41) is 7.46. The maximum Gasteiger partial charge on any atom is 0.354 e. The van der Waals surface area contributed by atoms with Crippen LogP contribution >= 0.6 is 0 Å². The second-order valence-corrected chi connectivity index (χ2v) is 2.11. The largest absolute Gasteiger partial charge is 0.411 e. The molecule has 0 saturated carbocycles. The van der Waals surface area contributed by atoms with Gasteiger partial charge in [-0.25, -0.2) is 0 Å². The Hall–Kier alpha value is 0.0969. The van der Waals surface area contributed by atoms with E-state index < -0.39 is 9.28 Å². The van der Waals surface area contributed by atoms with Crippen LogP contribution in [0.25, 0.3) is 0 Å². The first-order chi connectivity index (χ1) is 2.27. The van der Waals surface area contributed by atoms with Crippen molar-refractivity contribution >= 4 is 9.28 Å². The Morgan fingerprint density at radius 1 is 1.80 bits per heavy atom. The Bertz CT molecular complexity index is 20.9. The standard InChI is InChI=1S/CH6O3Si/c1-5(3)4-2/h2-3,5H,1H3. The van der Waals surface area contributed by atoms with Gasteiger partial charge in [0.05, 0.1) is 0 Å². The quantitative estimate of drug-likeness (QED) is 0.257. The van der Waals surface area contributed by atoms with Crippen LogP contribution in [-0.2, 0) is 4.58 Å². The molecule has 32 valence electrons. The highest BCUT2D eigenvalue weighted by Crippen LogP contribution is 1.66. The fraction of sp³-hybridized carbons (Fsp3) is 1.00. The van der Waals surface area contributed by atoms with E-state index in [4.69, 9.17) is 10.1 Å². The Morgan fingerprint density at radius 3 is 2.00 bits per heavy atom. The lowest BCUT2D eigenvalue weighted by Gasteiger charge is -1.87. The SMILES string of the molecule is C[SiH](O)OO. The molecule has 0 aromatic carbocycles. The number of hydrogen-bond donors (Lipinski definition) is 2. The topological polar surface area (TPSA) is 49.7 Å². The number of rotatable bonds is 1. The van der Waals surface area contributed by atoms with Crippen LogP contribution in [0.2, 0.25) is 6.55 Å². The second-order valence-electron chi connectivity index (χ2n) is 0.705. The van der Waals surface area contributed by atoms with E-state index in [1.807, 2.05) is 0 Å². The van der Waals surface area contributed by atoms with Gasteiger partial charge in [-0.1, -0.05) is 0 Å². The molecular weight excluding hydrogens is 88.1 g/mol. The van der Waals surface area contributed by atoms with E-state index in [-0.39, 0.29) is 0 Å². The first-order valence-electron chi connectivity index (χ1n) is 1.25. The summed E-state index contributed by atoms with van der Waals surface area (Å²) in [6.07, 6.45) is 0. The molecule has 0 saturated heterocycles. The minimum atomic E-state index is -2.09. The third-order valence-electron chi connectivity index (χ3n) is 0.153. The summed E-state index contributed by atoms with van der Waals surface area (Å²) in [4.78, 5) is 8.03. The zero-order chi connectivity index (χ0) is 4.28. The highest BCUT2D eigenvalue weighted by Gasteiger charge is 1.90. The van der Waals surface area contributed by atoms with E-state index in [0.717, 1.165) is 0 Å². The average molecular weight is 94.1 g/mol. The molecule has 0 amide bonds. The van der Waals surface area contributed by atoms with Crippen LogP contribution in [0.1, 0.15) is 0 Å². The fourth-order valence-electron chi connectivity index (χ4n) is 0. The molecular formula is CH6O3Si. The molecule has 0 aromatic rings. The van der Waals surface area contributed by atoms with Gasteiger partial charge < -0.3 is 4.80 Å². The molecule has 0 heterocycles. The predicted molar refractivity (Wildman–Crippen MR) is 18.9 cm³/mol. The second kappa shape index (κ2) is 2.34. The molecule has 1 unspecified atom stereocenters. The Labute approximate surface area is 31.6 Å². The van der Waals surface area contributed by atoms with Crippen molar-refractivity contribution in [2.75, 3.05) is 0 Å². The van der Waals surface area contributed by atoms with Crippen molar-refractivity contribution in [2.45, 2.75) is 6.55 Å². The van der Waals surface area contributed by atoms with E-state index in [9.17, 15) is 0 Å². The van der Waals surface area contributed by atoms with Crippen molar-refractivity contribution in [3.63, 3.8) is 0 Å². The highest BCUT2D eigenvalue weighted by molar-refractivity contribution is 6.40. The van der Waals surface area contributed by atoms with Crippen LogP contribution in [0.5, 0.6) is 0 Å². The van der Waals surface area contributed by atoms with Crippen molar-refractivity contribution in [1.29, 1.82) is 0 Å². The molecule has 2 N–H and O–H groups in total. The summed E-state index contributed by atoms with van der Waals surface area (Å²) in [5.41, 5.74) is 0. The van der Waals surface area contributed by atoms with Gasteiger partial charge in [-0.05, 0) is 6.55 Å². The normalized spacial score (nSPS) is 15.0. The molecule has 0 bridgehead atoms. The van der Waals surface area contributed by atoms with Gasteiger partial charge in [-0.15, -0.1) is 0 Å². The fourth-order valence-corrected chi connectivity index (χ4v) is 0. The lowest BCUT2D eigenvalue weighted by Crippen LogP contribution is -2.07. The van der Waals surface area contributed by atoms with Gasteiger partial charge >= 0.3 is 9.28 Å². The van der Waals surface area contributed by atoms with E-state index in [2.05, 4.69) is 4.58 Å². The van der Waals surface area contributed by atoms with Crippen molar-refractivity contribution in [3.8, 4) is 0 Å². The minimum absolute atomic E-state index is 1.44. The molecule has 5 heavy (non-hydrogen) atoms. The van der Waals surface area contributed by atoms with Gasteiger partial charge in [0.25, 0.3) is 0 Å². The smallest absolute Gasteiger partial charge is 0.354 e. The first kappa shape index (κ1) is 5.10. The first-order valence-corrected chi connectivity index (χ1v) is 3.40. The van der Waals surface area contributed by atoms with Crippen molar-refractivity contribution in [1.82, 2.24) is 0 Å². The van der Waals surface area contributed by atoms with Gasteiger partial charge in [-0.3, -0.25) is 9.83 Å². The molecule has 3 nitrogen and oxygen atoms in total. The summed E-state index contributed by atoms with van der Waals surface area (Å²) >= 11 is 0. The van der Waals surface area contributed by atoms with Gasteiger partial charge in [0.2, 0.25) is 0 Å². The third-order valence-corrected chi connectivity index (χ3v) is 0.458. The lowest BCUT2D eigenvalue weighted by atomic mass is 11.9. The van der Waals surface area contributed by atoms with E-state index in [1.54, 1.807) is 0 Å². The summed E-state index contributed by atoms with van der Waals surface area (Å²) in [5.74, 6) is 0. The number of hydrogen-bond acceptors (Lipinski definition) is 3. The minimum Gasteiger partial charge on any atom is -0.411 e. The monoisotopic (exact) mass is 94.0 g/mol. The predicted octanol–water partition coefficient (Wildman–Crippen LogP) is -0.681. The van der Waals surface area contributed by atoms with Crippen molar-refractivity contribution in [2.24, 2.45) is 0 Å². The van der Waals surface area contributed by atoms with E-state index in [1.165, 1.54) is 6.55 Å². The summed E-state index contributed by atoms with van der Waals surface area (Å²) in [6.45, 7) is 1.44. The van der Waals surface area contributed by atoms with Gasteiger partial charge in [0.15, 0.2) is 0 Å². The Balaban J connectivity index is 2.54. The van der Waals surface area contributed by atoms with Crippen LogP contribution < -0.4 is 0 Å². The van der Waals surface area contributed by atoms with Crippen molar-refractivity contribution in [3.05, 3.63) is 0 Å². The molecule has 0 aliphatic rings. The van der Waals surface area contributed by atoms with Crippen LogP contribution in [0, 0.1) is 0 Å². The van der Waals surface area contributed by atoms with Gasteiger partial charge in [0.1, 0.15) is 0 Å². The summed E-state index contributed by atoms with van der Waals surface area (Å²) < 4.78 is 3.44. The zero-order valence-electron chi connectivity index (χ0n) is 2.88. The highest BCUT2D eigenvalue weighted by atomic mass is 28.3. The summed E-state index contributed by atoms with van der Waals surface area (Å²) in [6, 6.07) is 0. The maximum atomic E-state index is 8.03. The van der Waals surface area contributed by atoms with Crippen LogP contribution in [-0.4, -0.2) is 19.3 Å². The molecule has 0 aromatic heterocycles. The summed E-state index contributed by atoms with van der Waals surface area (Å²) in [7, 11) is -2.09. The van der Waals surface area contributed by atoms with Crippen LogP contribution in [0.15, 0.2) is 0 Å². The zero-order valence-corrected chi connectivity index (χ0v) is 4.03. The lowest BCUT2D eigenvalue weighted by molar-refractivity contribution is -0.156. The molecule has 0 radical (unpaired) electrons. The molecule has 0 aliphatic carbocycles. The average Bonchev–Trinajstić information content (AvgIpc) is 1.38. The van der Waals surface area contributed by atoms with Crippen LogP contribution in [0.4, 0.5) is 0 Å². The van der Waals surface area contributed by atoms with E-state index in [0.29, 0.717) is 0 Å². The molecule has 0 fully saturated rings. The van der Waals surface area contributed by atoms with Gasteiger partial charge in [-0.2, -0.15) is 0 Å². The molecule has 0 spiro atoms. The molecule has 1 atom stereocenters. The Morgan fingerprint density at radius 2 is 2.00 bits per heavy atom. The van der Waals surface area contributed by atoms with E-state index >= 15 is 0 Å². The maximum absolute atomic E-state index is 8.03. The Kier molecular flexibility index (Phi) is 2.39. The molecule has 0 rings (SSSR count). The van der Waals surface area contributed by atoms with Gasteiger partial charge in [0, 0.05) is 0 Å².